The Morgan fingerprint density at radius 3 is 2.58 bits per heavy atom. The molecule has 0 radical (unpaired) electrons. The van der Waals surface area contributed by atoms with Crippen molar-refractivity contribution in [1.29, 1.82) is 0 Å². The summed E-state index contributed by atoms with van der Waals surface area (Å²) >= 11 is 11.6. The van der Waals surface area contributed by atoms with E-state index in [1.165, 1.54) is 19.2 Å². The number of rotatable bonds is 3. The number of hydrogen-bond donors (Lipinski definition) is 1. The molecule has 0 spiro atoms. The Kier molecular flexibility index (Phi) is 4.19. The molecule has 98 valence electrons. The van der Waals surface area contributed by atoms with Crippen LogP contribution in [0.3, 0.4) is 0 Å². The summed E-state index contributed by atoms with van der Waals surface area (Å²) < 4.78 is 5.02. The molecule has 1 N–H and O–H groups in total. The van der Waals surface area contributed by atoms with Crippen molar-refractivity contribution in [2.45, 2.75) is 0 Å². The quantitative estimate of drug-likeness (QED) is 0.946. The van der Waals surface area contributed by atoms with E-state index in [0.29, 0.717) is 16.5 Å². The Morgan fingerprint density at radius 2 is 2.00 bits per heavy atom. The number of nitrogens with zero attached hydrogens (tertiary/aromatic N) is 2. The minimum absolute atomic E-state index is 0.163. The normalized spacial score (nSPS) is 10.1. The molecule has 0 bridgehead atoms. The molecule has 1 heterocycles. The number of aromatic nitrogens is 2. The van der Waals surface area contributed by atoms with Crippen molar-refractivity contribution >= 4 is 34.8 Å². The fourth-order valence-corrected chi connectivity index (χ4v) is 1.73. The van der Waals surface area contributed by atoms with Crippen LogP contribution < -0.4 is 10.1 Å². The molecular weight excluding hydrogens is 289 g/mol. The van der Waals surface area contributed by atoms with Crippen LogP contribution >= 0.6 is 23.2 Å². The zero-order valence-electron chi connectivity index (χ0n) is 9.85. The Hall–Kier alpha value is -1.85. The van der Waals surface area contributed by atoms with Gasteiger partial charge in [-0.1, -0.05) is 23.2 Å². The number of halogens is 2. The lowest BCUT2D eigenvalue weighted by atomic mass is 10.3. The van der Waals surface area contributed by atoms with E-state index in [9.17, 15) is 4.79 Å². The average Bonchev–Trinajstić information content (AvgIpc) is 2.39. The fraction of sp³-hybridized carbons (Fsp3) is 0.0833. The zero-order chi connectivity index (χ0) is 13.8. The van der Waals surface area contributed by atoms with Crippen molar-refractivity contribution in [1.82, 2.24) is 10.2 Å². The summed E-state index contributed by atoms with van der Waals surface area (Å²) in [6.07, 6.45) is 0. The van der Waals surface area contributed by atoms with Gasteiger partial charge in [-0.2, -0.15) is 0 Å². The smallest absolute Gasteiger partial charge is 0.276 e. The van der Waals surface area contributed by atoms with E-state index >= 15 is 0 Å². The summed E-state index contributed by atoms with van der Waals surface area (Å²) in [6, 6.07) is 7.89. The molecule has 0 aliphatic heterocycles. The number of amides is 1. The van der Waals surface area contributed by atoms with Gasteiger partial charge in [0, 0.05) is 5.69 Å². The minimum Gasteiger partial charge on any atom is -0.495 e. The zero-order valence-corrected chi connectivity index (χ0v) is 11.4. The molecule has 0 fully saturated rings. The van der Waals surface area contributed by atoms with E-state index in [1.807, 2.05) is 0 Å². The molecule has 0 aliphatic carbocycles. The van der Waals surface area contributed by atoms with Gasteiger partial charge in [-0.15, -0.1) is 10.2 Å². The van der Waals surface area contributed by atoms with Crippen LogP contribution in [0.2, 0.25) is 10.2 Å². The standard InChI is InChI=1S/C12H9Cl2N3O2/c1-19-10-4-2-7(6-8(10)13)15-12(18)9-3-5-11(14)17-16-9/h2-6H,1H3,(H,15,18). The Morgan fingerprint density at radius 1 is 1.21 bits per heavy atom. The van der Waals surface area contributed by atoms with E-state index in [4.69, 9.17) is 27.9 Å². The van der Waals surface area contributed by atoms with Gasteiger partial charge in [0.2, 0.25) is 0 Å². The topological polar surface area (TPSA) is 64.1 Å². The highest BCUT2D eigenvalue weighted by Crippen LogP contribution is 2.27. The number of hydrogen-bond acceptors (Lipinski definition) is 4. The first-order valence-electron chi connectivity index (χ1n) is 5.24. The molecule has 0 atom stereocenters. The van der Waals surface area contributed by atoms with Gasteiger partial charge in [0.1, 0.15) is 5.75 Å². The van der Waals surface area contributed by atoms with Crippen LogP contribution in [0.4, 0.5) is 5.69 Å². The van der Waals surface area contributed by atoms with Gasteiger partial charge in [0.05, 0.1) is 12.1 Å². The molecule has 0 saturated heterocycles. The van der Waals surface area contributed by atoms with E-state index in [2.05, 4.69) is 15.5 Å². The first-order valence-corrected chi connectivity index (χ1v) is 6.00. The van der Waals surface area contributed by atoms with Crippen molar-refractivity contribution in [3.05, 3.63) is 46.2 Å². The number of carbonyl (C=O) groups excluding carboxylic acids is 1. The van der Waals surface area contributed by atoms with Crippen LogP contribution in [0.5, 0.6) is 5.75 Å². The molecule has 0 aliphatic rings. The van der Waals surface area contributed by atoms with Gasteiger partial charge in [-0.3, -0.25) is 4.79 Å². The lowest BCUT2D eigenvalue weighted by Gasteiger charge is -2.07. The van der Waals surface area contributed by atoms with Crippen molar-refractivity contribution in [2.24, 2.45) is 0 Å². The highest BCUT2D eigenvalue weighted by atomic mass is 35.5. The predicted octanol–water partition coefficient (Wildman–Crippen LogP) is 3.04. The third-order valence-electron chi connectivity index (χ3n) is 2.27. The number of benzene rings is 1. The summed E-state index contributed by atoms with van der Waals surface area (Å²) in [4.78, 5) is 11.9. The van der Waals surface area contributed by atoms with E-state index in [0.717, 1.165) is 0 Å². The summed E-state index contributed by atoms with van der Waals surface area (Å²) in [5.41, 5.74) is 0.698. The Balaban J connectivity index is 2.14. The summed E-state index contributed by atoms with van der Waals surface area (Å²) in [5, 5.41) is 10.6. The first kappa shape index (κ1) is 13.6. The molecule has 1 aromatic heterocycles. The lowest BCUT2D eigenvalue weighted by Crippen LogP contribution is -2.14. The second-order valence-electron chi connectivity index (χ2n) is 3.54. The molecule has 0 saturated carbocycles. The third kappa shape index (κ3) is 3.33. The summed E-state index contributed by atoms with van der Waals surface area (Å²) in [6.45, 7) is 0. The molecule has 0 unspecified atom stereocenters. The second kappa shape index (κ2) is 5.86. The van der Waals surface area contributed by atoms with E-state index < -0.39 is 5.91 Å². The van der Waals surface area contributed by atoms with Crippen LogP contribution in [0.25, 0.3) is 0 Å². The highest BCUT2D eigenvalue weighted by molar-refractivity contribution is 6.32. The highest BCUT2D eigenvalue weighted by Gasteiger charge is 2.09. The van der Waals surface area contributed by atoms with E-state index in [-0.39, 0.29) is 10.8 Å². The average molecular weight is 298 g/mol. The third-order valence-corrected chi connectivity index (χ3v) is 2.77. The number of carbonyl (C=O) groups is 1. The lowest BCUT2D eigenvalue weighted by molar-refractivity contribution is 0.102. The molecule has 5 nitrogen and oxygen atoms in total. The molecule has 2 aromatic rings. The van der Waals surface area contributed by atoms with E-state index in [1.54, 1.807) is 18.2 Å². The number of anilines is 1. The fourth-order valence-electron chi connectivity index (χ4n) is 1.38. The molecule has 2 rings (SSSR count). The minimum atomic E-state index is -0.398. The Bertz CT molecular complexity index is 602. The van der Waals surface area contributed by atoms with Gasteiger partial charge in [0.15, 0.2) is 10.8 Å². The van der Waals surface area contributed by atoms with Crippen LogP contribution in [-0.2, 0) is 0 Å². The van der Waals surface area contributed by atoms with Gasteiger partial charge < -0.3 is 10.1 Å². The molecular formula is C12H9Cl2N3O2. The van der Waals surface area contributed by atoms with Gasteiger partial charge in [-0.05, 0) is 30.3 Å². The van der Waals surface area contributed by atoms with Crippen LogP contribution in [-0.4, -0.2) is 23.2 Å². The maximum atomic E-state index is 11.9. The van der Waals surface area contributed by atoms with Crippen molar-refractivity contribution in [3.63, 3.8) is 0 Å². The number of nitrogens with one attached hydrogen (secondary N) is 1. The van der Waals surface area contributed by atoms with Crippen molar-refractivity contribution in [3.8, 4) is 5.75 Å². The van der Waals surface area contributed by atoms with Crippen molar-refractivity contribution in [2.75, 3.05) is 12.4 Å². The number of methoxy groups -OCH3 is 1. The molecule has 19 heavy (non-hydrogen) atoms. The number of ether oxygens (including phenoxy) is 1. The van der Waals surface area contributed by atoms with Gasteiger partial charge in [-0.25, -0.2) is 0 Å². The van der Waals surface area contributed by atoms with Gasteiger partial charge >= 0.3 is 0 Å². The monoisotopic (exact) mass is 297 g/mol. The molecule has 1 aromatic carbocycles. The summed E-state index contributed by atoms with van der Waals surface area (Å²) in [5.74, 6) is 0.136. The van der Waals surface area contributed by atoms with Crippen LogP contribution in [0, 0.1) is 0 Å². The summed E-state index contributed by atoms with van der Waals surface area (Å²) in [7, 11) is 1.52. The predicted molar refractivity (Wildman–Crippen MR) is 73.0 cm³/mol. The first-order chi connectivity index (χ1) is 9.10. The van der Waals surface area contributed by atoms with Gasteiger partial charge in [0.25, 0.3) is 5.91 Å². The second-order valence-corrected chi connectivity index (χ2v) is 4.34. The maximum absolute atomic E-state index is 11.9. The Labute approximate surface area is 119 Å². The van der Waals surface area contributed by atoms with Crippen LogP contribution in [0.15, 0.2) is 30.3 Å². The largest absolute Gasteiger partial charge is 0.495 e. The molecule has 1 amide bonds. The maximum Gasteiger partial charge on any atom is 0.276 e. The van der Waals surface area contributed by atoms with Crippen molar-refractivity contribution < 1.29 is 9.53 Å². The SMILES string of the molecule is COc1ccc(NC(=O)c2ccc(Cl)nn2)cc1Cl. The molecule has 7 heteroatoms. The van der Waals surface area contributed by atoms with Crippen LogP contribution in [0.1, 0.15) is 10.5 Å².